The van der Waals surface area contributed by atoms with E-state index in [1.54, 1.807) is 36.4 Å². The number of amides is 2. The van der Waals surface area contributed by atoms with Crippen LogP contribution in [0.3, 0.4) is 0 Å². The van der Waals surface area contributed by atoms with E-state index in [0.29, 0.717) is 30.2 Å². The Morgan fingerprint density at radius 1 is 0.921 bits per heavy atom. The zero-order valence-corrected chi connectivity index (χ0v) is 21.5. The van der Waals surface area contributed by atoms with Crippen molar-refractivity contribution >= 4 is 17.5 Å². The van der Waals surface area contributed by atoms with Crippen molar-refractivity contribution in [1.82, 2.24) is 4.90 Å². The molecular formula is C30H30F4N2O2. The first-order chi connectivity index (χ1) is 17.9. The number of halogens is 4. The minimum absolute atomic E-state index is 0.0906. The molecule has 0 bridgehead atoms. The van der Waals surface area contributed by atoms with Gasteiger partial charge >= 0.3 is 6.18 Å². The molecule has 0 unspecified atom stereocenters. The summed E-state index contributed by atoms with van der Waals surface area (Å²) in [5.41, 5.74) is -0.299. The SMILES string of the molecule is CC(C)(C)c1cccc(NC(=O)[C@H]2CCCN(C(=O)c3c(F)cccc3C(F)(F)F)[C@H]2c2ccccc2)c1. The van der Waals surface area contributed by atoms with Crippen molar-refractivity contribution < 1.29 is 27.2 Å². The largest absolute Gasteiger partial charge is 0.417 e. The number of piperidine rings is 1. The predicted molar refractivity (Wildman–Crippen MR) is 138 cm³/mol. The van der Waals surface area contributed by atoms with Crippen LogP contribution in [0.4, 0.5) is 23.2 Å². The topological polar surface area (TPSA) is 49.4 Å². The zero-order valence-electron chi connectivity index (χ0n) is 21.5. The summed E-state index contributed by atoms with van der Waals surface area (Å²) >= 11 is 0. The number of nitrogens with one attached hydrogen (secondary N) is 1. The Balaban J connectivity index is 1.72. The maximum atomic E-state index is 14.8. The lowest BCUT2D eigenvalue weighted by Crippen LogP contribution is -2.47. The number of hydrogen-bond donors (Lipinski definition) is 1. The summed E-state index contributed by atoms with van der Waals surface area (Å²) in [7, 11) is 0. The van der Waals surface area contributed by atoms with Crippen LogP contribution in [0, 0.1) is 11.7 Å². The Labute approximate surface area is 219 Å². The van der Waals surface area contributed by atoms with Crippen LogP contribution >= 0.6 is 0 Å². The van der Waals surface area contributed by atoms with Crippen LogP contribution in [0.15, 0.2) is 72.8 Å². The highest BCUT2D eigenvalue weighted by atomic mass is 19.4. The van der Waals surface area contributed by atoms with Crippen LogP contribution in [0.1, 0.15) is 66.7 Å². The number of hydrogen-bond acceptors (Lipinski definition) is 2. The summed E-state index contributed by atoms with van der Waals surface area (Å²) in [6.45, 7) is 6.26. The van der Waals surface area contributed by atoms with Gasteiger partial charge in [0, 0.05) is 12.2 Å². The van der Waals surface area contributed by atoms with Crippen molar-refractivity contribution in [3.63, 3.8) is 0 Å². The van der Waals surface area contributed by atoms with E-state index >= 15 is 0 Å². The van der Waals surface area contributed by atoms with Crippen LogP contribution < -0.4 is 5.32 Å². The number of carbonyl (C=O) groups is 2. The molecule has 2 atom stereocenters. The summed E-state index contributed by atoms with van der Waals surface area (Å²) in [6, 6.07) is 17.8. The third kappa shape index (κ3) is 5.74. The van der Waals surface area contributed by atoms with Gasteiger partial charge in [0.1, 0.15) is 5.82 Å². The second kappa shape index (κ2) is 10.6. The van der Waals surface area contributed by atoms with Gasteiger partial charge in [-0.05, 0) is 53.6 Å². The minimum atomic E-state index is -4.92. The van der Waals surface area contributed by atoms with E-state index in [1.165, 1.54) is 4.90 Å². The molecule has 0 aliphatic carbocycles. The van der Waals surface area contributed by atoms with E-state index in [4.69, 9.17) is 0 Å². The van der Waals surface area contributed by atoms with Gasteiger partial charge in [-0.2, -0.15) is 13.2 Å². The third-order valence-electron chi connectivity index (χ3n) is 6.90. The molecule has 3 aromatic carbocycles. The lowest BCUT2D eigenvalue weighted by Gasteiger charge is -2.41. The molecular weight excluding hydrogens is 496 g/mol. The van der Waals surface area contributed by atoms with Crippen molar-refractivity contribution in [2.24, 2.45) is 5.92 Å². The van der Waals surface area contributed by atoms with E-state index < -0.39 is 41.0 Å². The van der Waals surface area contributed by atoms with Crippen molar-refractivity contribution in [3.05, 3.63) is 101 Å². The van der Waals surface area contributed by atoms with E-state index in [2.05, 4.69) is 26.1 Å². The second-order valence-corrected chi connectivity index (χ2v) is 10.6. The number of anilines is 1. The highest BCUT2D eigenvalue weighted by Gasteiger charge is 2.43. The molecule has 200 valence electrons. The lowest BCUT2D eigenvalue weighted by molar-refractivity contribution is -0.138. The molecule has 0 aromatic heterocycles. The van der Waals surface area contributed by atoms with Gasteiger partial charge in [-0.25, -0.2) is 4.39 Å². The number of alkyl halides is 3. The predicted octanol–water partition coefficient (Wildman–Crippen LogP) is 7.37. The quantitative estimate of drug-likeness (QED) is 0.361. The summed E-state index contributed by atoms with van der Waals surface area (Å²) in [5.74, 6) is -3.44. The van der Waals surface area contributed by atoms with E-state index in [1.807, 2.05) is 18.2 Å². The van der Waals surface area contributed by atoms with Gasteiger partial charge in [-0.15, -0.1) is 0 Å². The van der Waals surface area contributed by atoms with Crippen LogP contribution in [0.2, 0.25) is 0 Å². The molecule has 1 N–H and O–H groups in total. The normalized spacial score (nSPS) is 18.2. The summed E-state index contributed by atoms with van der Waals surface area (Å²) < 4.78 is 56.0. The van der Waals surface area contributed by atoms with Crippen molar-refractivity contribution in [2.45, 2.75) is 51.2 Å². The molecule has 0 saturated carbocycles. The second-order valence-electron chi connectivity index (χ2n) is 10.6. The minimum Gasteiger partial charge on any atom is -0.331 e. The molecule has 0 radical (unpaired) electrons. The maximum Gasteiger partial charge on any atom is 0.417 e. The number of carbonyl (C=O) groups excluding carboxylic acids is 2. The lowest BCUT2D eigenvalue weighted by atomic mass is 9.83. The van der Waals surface area contributed by atoms with Gasteiger partial charge in [0.05, 0.1) is 23.1 Å². The van der Waals surface area contributed by atoms with Crippen LogP contribution in [-0.4, -0.2) is 23.3 Å². The fourth-order valence-electron chi connectivity index (χ4n) is 4.98. The molecule has 0 spiro atoms. The number of benzene rings is 3. The van der Waals surface area contributed by atoms with Crippen molar-refractivity contribution in [2.75, 3.05) is 11.9 Å². The Bertz CT molecular complexity index is 1320. The molecule has 4 rings (SSSR count). The molecule has 3 aromatic rings. The maximum absolute atomic E-state index is 14.8. The summed E-state index contributed by atoms with van der Waals surface area (Å²) in [5, 5.41) is 2.94. The highest BCUT2D eigenvalue weighted by molar-refractivity contribution is 5.98. The Hall–Kier alpha value is -3.68. The number of rotatable bonds is 4. The standard InChI is InChI=1S/C30H30F4N2O2/c1-29(2,3)20-12-7-13-21(18-20)35-27(37)22-14-9-17-36(26(22)19-10-5-4-6-11-19)28(38)25-23(30(32,33)34)15-8-16-24(25)31/h4-8,10-13,15-16,18,22,26H,9,14,17H2,1-3H3,(H,35,37)/t22-,26-/m0/s1. The monoisotopic (exact) mass is 526 g/mol. The van der Waals surface area contributed by atoms with Gasteiger partial charge in [0.15, 0.2) is 0 Å². The van der Waals surface area contributed by atoms with Crippen molar-refractivity contribution in [1.29, 1.82) is 0 Å². The third-order valence-corrected chi connectivity index (χ3v) is 6.90. The zero-order chi connectivity index (χ0) is 27.7. The van der Waals surface area contributed by atoms with Gasteiger partial charge in [0.25, 0.3) is 5.91 Å². The molecule has 1 fully saturated rings. The van der Waals surface area contributed by atoms with E-state index in [9.17, 15) is 27.2 Å². The molecule has 1 saturated heterocycles. The molecule has 2 amide bonds. The van der Waals surface area contributed by atoms with Gasteiger partial charge in [0.2, 0.25) is 5.91 Å². The molecule has 1 heterocycles. The van der Waals surface area contributed by atoms with Gasteiger partial charge < -0.3 is 10.2 Å². The number of likely N-dealkylation sites (tertiary alicyclic amines) is 1. The fraction of sp³-hybridized carbons (Fsp3) is 0.333. The molecule has 4 nitrogen and oxygen atoms in total. The summed E-state index contributed by atoms with van der Waals surface area (Å²) in [6.07, 6.45) is -4.12. The molecule has 1 aliphatic heterocycles. The first-order valence-electron chi connectivity index (χ1n) is 12.5. The Morgan fingerprint density at radius 3 is 2.26 bits per heavy atom. The van der Waals surface area contributed by atoms with Gasteiger partial charge in [-0.3, -0.25) is 9.59 Å². The van der Waals surface area contributed by atoms with E-state index in [0.717, 1.165) is 17.7 Å². The van der Waals surface area contributed by atoms with Crippen LogP contribution in [-0.2, 0) is 16.4 Å². The smallest absolute Gasteiger partial charge is 0.331 e. The van der Waals surface area contributed by atoms with E-state index in [-0.39, 0.29) is 17.9 Å². The van der Waals surface area contributed by atoms with Crippen molar-refractivity contribution in [3.8, 4) is 0 Å². The average Bonchev–Trinajstić information content (AvgIpc) is 2.87. The average molecular weight is 527 g/mol. The fourth-order valence-corrected chi connectivity index (χ4v) is 4.98. The molecule has 8 heteroatoms. The Morgan fingerprint density at radius 2 is 1.61 bits per heavy atom. The first kappa shape index (κ1) is 27.4. The summed E-state index contributed by atoms with van der Waals surface area (Å²) in [4.78, 5) is 28.4. The number of nitrogens with zero attached hydrogens (tertiary/aromatic N) is 1. The Kier molecular flexibility index (Phi) is 7.63. The molecule has 1 aliphatic rings. The molecule has 38 heavy (non-hydrogen) atoms. The van der Waals surface area contributed by atoms with Gasteiger partial charge in [-0.1, -0.05) is 69.3 Å². The highest BCUT2D eigenvalue weighted by Crippen LogP contribution is 2.40. The first-order valence-corrected chi connectivity index (χ1v) is 12.5. The van der Waals surface area contributed by atoms with Crippen LogP contribution in [0.5, 0.6) is 0 Å². The van der Waals surface area contributed by atoms with Crippen LogP contribution in [0.25, 0.3) is 0 Å².